The molecule has 27 heavy (non-hydrogen) atoms. The Hall–Kier alpha value is -3.66. The number of hydrogen-bond acceptors (Lipinski definition) is 6. The summed E-state index contributed by atoms with van der Waals surface area (Å²) in [5.74, 6) is 1.06. The Balaban J connectivity index is 2.19. The second-order valence-corrected chi connectivity index (χ2v) is 5.26. The maximum Gasteiger partial charge on any atom is 0.267 e. The van der Waals surface area contributed by atoms with Gasteiger partial charge in [0.1, 0.15) is 28.9 Å². The third-order valence-corrected chi connectivity index (χ3v) is 3.58. The molecule has 0 unspecified atom stereocenters. The van der Waals surface area contributed by atoms with E-state index in [9.17, 15) is 10.1 Å². The summed E-state index contributed by atoms with van der Waals surface area (Å²) in [4.78, 5) is 12.5. The number of carbonyl (C=O) groups excluding carboxylic acids is 1. The molecule has 2 rings (SSSR count). The van der Waals surface area contributed by atoms with E-state index < -0.39 is 5.91 Å². The number of amides is 1. The molecule has 0 saturated carbocycles. The molecule has 0 spiro atoms. The average molecular weight is 367 g/mol. The van der Waals surface area contributed by atoms with Crippen LogP contribution in [0.2, 0.25) is 0 Å². The van der Waals surface area contributed by atoms with Crippen LogP contribution in [-0.2, 0) is 4.79 Å². The van der Waals surface area contributed by atoms with Crippen LogP contribution >= 0.6 is 0 Å². The lowest BCUT2D eigenvalue weighted by atomic mass is 10.2. The number of nitrogens with zero attached hydrogens (tertiary/aromatic N) is 1. The molecule has 0 fully saturated rings. The van der Waals surface area contributed by atoms with Crippen molar-refractivity contribution in [1.29, 1.82) is 5.26 Å². The summed E-state index contributed by atoms with van der Waals surface area (Å²) in [6, 6.07) is 14.1. The standard InChI is InChI=1S/C20H21N3O4/c1-4-27-19-8-6-5-7-16(19)22-13-14(12-21)20(24)23-17-11-15(25-2)9-10-18(17)26-3/h5-11,13,22H,4H2,1-3H3,(H,23,24)/b14-13-. The van der Waals surface area contributed by atoms with Gasteiger partial charge in [-0.25, -0.2) is 0 Å². The van der Waals surface area contributed by atoms with Gasteiger partial charge in [-0.05, 0) is 31.2 Å². The van der Waals surface area contributed by atoms with E-state index in [-0.39, 0.29) is 5.57 Å². The molecule has 0 heterocycles. The molecule has 140 valence electrons. The van der Waals surface area contributed by atoms with Gasteiger partial charge in [-0.15, -0.1) is 0 Å². The van der Waals surface area contributed by atoms with Crippen LogP contribution in [-0.4, -0.2) is 26.7 Å². The van der Waals surface area contributed by atoms with Gasteiger partial charge in [-0.1, -0.05) is 12.1 Å². The summed E-state index contributed by atoms with van der Waals surface area (Å²) in [5.41, 5.74) is 0.947. The van der Waals surface area contributed by atoms with E-state index >= 15 is 0 Å². The van der Waals surface area contributed by atoms with Gasteiger partial charge in [-0.3, -0.25) is 4.79 Å². The predicted octanol–water partition coefficient (Wildman–Crippen LogP) is 3.56. The highest BCUT2D eigenvalue weighted by atomic mass is 16.5. The first-order valence-electron chi connectivity index (χ1n) is 8.25. The Morgan fingerprint density at radius 1 is 1.11 bits per heavy atom. The molecular formula is C20H21N3O4. The highest BCUT2D eigenvalue weighted by Gasteiger charge is 2.13. The molecule has 0 bridgehead atoms. The number of nitrogens with one attached hydrogen (secondary N) is 2. The zero-order valence-electron chi connectivity index (χ0n) is 15.4. The maximum atomic E-state index is 12.5. The molecule has 7 heteroatoms. The number of carbonyl (C=O) groups is 1. The van der Waals surface area contributed by atoms with Crippen molar-refractivity contribution in [2.24, 2.45) is 0 Å². The van der Waals surface area contributed by atoms with Gasteiger partial charge in [0.05, 0.1) is 32.2 Å². The molecular weight excluding hydrogens is 346 g/mol. The van der Waals surface area contributed by atoms with Crippen molar-refractivity contribution >= 4 is 17.3 Å². The van der Waals surface area contributed by atoms with Gasteiger partial charge >= 0.3 is 0 Å². The molecule has 2 aromatic carbocycles. The van der Waals surface area contributed by atoms with Gasteiger partial charge in [0, 0.05) is 12.3 Å². The van der Waals surface area contributed by atoms with Crippen molar-refractivity contribution < 1.29 is 19.0 Å². The minimum atomic E-state index is -0.578. The fraction of sp³-hybridized carbons (Fsp3) is 0.200. The molecule has 2 N–H and O–H groups in total. The number of benzene rings is 2. The number of para-hydroxylation sites is 2. The van der Waals surface area contributed by atoms with Crippen LogP contribution < -0.4 is 24.8 Å². The van der Waals surface area contributed by atoms with Crippen molar-refractivity contribution in [2.75, 3.05) is 31.5 Å². The smallest absolute Gasteiger partial charge is 0.267 e. The Bertz CT molecular complexity index is 872. The Morgan fingerprint density at radius 3 is 2.56 bits per heavy atom. The maximum absolute atomic E-state index is 12.5. The molecule has 1 amide bonds. The number of methoxy groups -OCH3 is 2. The number of anilines is 2. The molecule has 0 aliphatic heterocycles. The Kier molecular flexibility index (Phi) is 7.08. The first kappa shape index (κ1) is 19.7. The third-order valence-electron chi connectivity index (χ3n) is 3.58. The Morgan fingerprint density at radius 2 is 1.89 bits per heavy atom. The largest absolute Gasteiger partial charge is 0.497 e. The van der Waals surface area contributed by atoms with E-state index in [1.54, 1.807) is 30.3 Å². The van der Waals surface area contributed by atoms with Crippen LogP contribution in [0.3, 0.4) is 0 Å². The van der Waals surface area contributed by atoms with E-state index in [1.165, 1.54) is 20.4 Å². The normalized spacial score (nSPS) is 10.5. The molecule has 0 aliphatic rings. The molecule has 0 atom stereocenters. The SMILES string of the molecule is CCOc1ccccc1N/C=C(/C#N)C(=O)Nc1cc(OC)ccc1OC. The van der Waals surface area contributed by atoms with E-state index in [2.05, 4.69) is 10.6 Å². The van der Waals surface area contributed by atoms with E-state index in [1.807, 2.05) is 25.1 Å². The molecule has 0 radical (unpaired) electrons. The second kappa shape index (κ2) is 9.73. The van der Waals surface area contributed by atoms with Crippen molar-refractivity contribution in [3.8, 4) is 23.3 Å². The monoisotopic (exact) mass is 367 g/mol. The zero-order chi connectivity index (χ0) is 19.6. The van der Waals surface area contributed by atoms with Gasteiger partial charge < -0.3 is 24.8 Å². The minimum Gasteiger partial charge on any atom is -0.497 e. The van der Waals surface area contributed by atoms with Crippen LogP contribution in [0, 0.1) is 11.3 Å². The van der Waals surface area contributed by atoms with Gasteiger partial charge in [0.15, 0.2) is 0 Å². The quantitative estimate of drug-likeness (QED) is 0.547. The molecule has 2 aromatic rings. The van der Waals surface area contributed by atoms with E-state index in [4.69, 9.17) is 14.2 Å². The lowest BCUT2D eigenvalue weighted by molar-refractivity contribution is -0.112. The first-order valence-corrected chi connectivity index (χ1v) is 8.25. The van der Waals surface area contributed by atoms with Gasteiger partial charge in [0.2, 0.25) is 0 Å². The van der Waals surface area contributed by atoms with Gasteiger partial charge in [0.25, 0.3) is 5.91 Å². The van der Waals surface area contributed by atoms with Crippen molar-refractivity contribution in [2.45, 2.75) is 6.92 Å². The van der Waals surface area contributed by atoms with E-state index in [0.29, 0.717) is 35.2 Å². The zero-order valence-corrected chi connectivity index (χ0v) is 15.4. The topological polar surface area (TPSA) is 92.6 Å². The summed E-state index contributed by atoms with van der Waals surface area (Å²) >= 11 is 0. The lowest BCUT2D eigenvalue weighted by Gasteiger charge is -2.12. The van der Waals surface area contributed by atoms with Crippen LogP contribution in [0.4, 0.5) is 11.4 Å². The summed E-state index contributed by atoms with van der Waals surface area (Å²) in [7, 11) is 3.01. The van der Waals surface area contributed by atoms with Crippen molar-refractivity contribution in [3.05, 3.63) is 54.2 Å². The molecule has 0 saturated heterocycles. The highest BCUT2D eigenvalue weighted by molar-refractivity contribution is 6.07. The van der Waals surface area contributed by atoms with Crippen LogP contribution in [0.1, 0.15) is 6.92 Å². The Labute approximate surface area is 158 Å². The molecule has 7 nitrogen and oxygen atoms in total. The van der Waals surface area contributed by atoms with Crippen molar-refractivity contribution in [1.82, 2.24) is 0 Å². The second-order valence-electron chi connectivity index (χ2n) is 5.26. The summed E-state index contributed by atoms with van der Waals surface area (Å²) in [6.45, 7) is 2.38. The van der Waals surface area contributed by atoms with Crippen LogP contribution in [0.5, 0.6) is 17.2 Å². The van der Waals surface area contributed by atoms with E-state index in [0.717, 1.165) is 0 Å². The third kappa shape index (κ3) is 5.16. The summed E-state index contributed by atoms with van der Waals surface area (Å²) in [6.07, 6.45) is 1.33. The van der Waals surface area contributed by atoms with Crippen LogP contribution in [0.15, 0.2) is 54.2 Å². The number of ether oxygens (including phenoxy) is 3. The summed E-state index contributed by atoms with van der Waals surface area (Å²) in [5, 5.41) is 14.9. The lowest BCUT2D eigenvalue weighted by Crippen LogP contribution is -2.15. The number of nitriles is 1. The van der Waals surface area contributed by atoms with Gasteiger partial charge in [-0.2, -0.15) is 5.26 Å². The highest BCUT2D eigenvalue weighted by Crippen LogP contribution is 2.29. The fourth-order valence-corrected chi connectivity index (χ4v) is 2.27. The summed E-state index contributed by atoms with van der Waals surface area (Å²) < 4.78 is 15.9. The molecule has 0 aromatic heterocycles. The predicted molar refractivity (Wildman–Crippen MR) is 103 cm³/mol. The minimum absolute atomic E-state index is 0.105. The number of hydrogen-bond donors (Lipinski definition) is 2. The molecule has 0 aliphatic carbocycles. The van der Waals surface area contributed by atoms with Crippen molar-refractivity contribution in [3.63, 3.8) is 0 Å². The van der Waals surface area contributed by atoms with Crippen LogP contribution in [0.25, 0.3) is 0 Å². The average Bonchev–Trinajstić information content (AvgIpc) is 2.69. The first-order chi connectivity index (χ1) is 13.1. The number of rotatable bonds is 8. The fourth-order valence-electron chi connectivity index (χ4n) is 2.27.